The first kappa shape index (κ1) is 27.5. The summed E-state index contributed by atoms with van der Waals surface area (Å²) < 4.78 is 0. The van der Waals surface area contributed by atoms with Crippen molar-refractivity contribution in [1.82, 2.24) is 0 Å². The van der Waals surface area contributed by atoms with Crippen LogP contribution in [0.2, 0.25) is 0 Å². The van der Waals surface area contributed by atoms with E-state index in [-0.39, 0.29) is 7.92 Å². The Morgan fingerprint density at radius 3 is 1.65 bits per heavy atom. The van der Waals surface area contributed by atoms with Gasteiger partial charge in [0, 0.05) is 0 Å². The summed E-state index contributed by atoms with van der Waals surface area (Å²) in [5, 5.41) is 2.40. The molecule has 0 aliphatic carbocycles. The van der Waals surface area contributed by atoms with Crippen molar-refractivity contribution >= 4 is 13.2 Å². The monoisotopic (exact) mass is 478 g/mol. The van der Waals surface area contributed by atoms with Crippen LogP contribution in [-0.2, 0) is 19.3 Å². The van der Waals surface area contributed by atoms with E-state index >= 15 is 0 Å². The largest absolute Gasteiger partial charge is 0.0631 e. The third-order valence-corrected chi connectivity index (χ3v) is 11.2. The van der Waals surface area contributed by atoms with Gasteiger partial charge in [-0.15, -0.1) is 0 Å². The van der Waals surface area contributed by atoms with Crippen LogP contribution in [0.5, 0.6) is 0 Å². The number of rotatable bonds is 8. The van der Waals surface area contributed by atoms with Gasteiger partial charge in [0.2, 0.25) is 0 Å². The van der Waals surface area contributed by atoms with Crippen molar-refractivity contribution in [3.8, 4) is 11.1 Å². The fourth-order valence-corrected chi connectivity index (χ4v) is 10.9. The van der Waals surface area contributed by atoms with Crippen LogP contribution in [0, 0.1) is 17.8 Å². The van der Waals surface area contributed by atoms with E-state index in [2.05, 4.69) is 106 Å². The van der Waals surface area contributed by atoms with E-state index in [0.717, 1.165) is 12.8 Å². The maximum Gasteiger partial charge on any atom is -0.0101 e. The van der Waals surface area contributed by atoms with E-state index in [4.69, 9.17) is 0 Å². The van der Waals surface area contributed by atoms with Gasteiger partial charge in [-0.25, -0.2) is 0 Å². The third kappa shape index (κ3) is 6.35. The minimum atomic E-state index is -0.285. The molecule has 2 aromatic rings. The molecule has 0 nitrogen and oxygen atoms in total. The number of benzene rings is 2. The lowest BCUT2D eigenvalue weighted by atomic mass is 9.84. The first-order valence-corrected chi connectivity index (χ1v) is 15.2. The van der Waals surface area contributed by atoms with Crippen LogP contribution in [-0.4, -0.2) is 10.3 Å². The van der Waals surface area contributed by atoms with Crippen LogP contribution in [0.15, 0.2) is 36.4 Å². The van der Waals surface area contributed by atoms with Gasteiger partial charge in [0.15, 0.2) is 0 Å². The molecule has 0 aromatic heterocycles. The average Bonchev–Trinajstić information content (AvgIpc) is 2.66. The lowest BCUT2D eigenvalue weighted by Crippen LogP contribution is -2.39. The molecule has 0 unspecified atom stereocenters. The molecule has 1 aliphatic heterocycles. The molecule has 1 aliphatic rings. The average molecular weight is 479 g/mol. The molecular formula is C33H51P. The van der Waals surface area contributed by atoms with Gasteiger partial charge in [-0.3, -0.25) is 0 Å². The Balaban J connectivity index is 2.30. The highest BCUT2D eigenvalue weighted by molar-refractivity contribution is 7.69. The standard InChI is InChI=1S/C33H51P/c1-23(2)18-26-21-27(19-24(3)4)31(28(22-26)20-25(5)6)29-14-11-12-15-30(29)34-32(7,8)16-13-17-33(34,9)10/h11-12,14-15,21-25H,13,16-20H2,1-10H3. The molecular weight excluding hydrogens is 427 g/mol. The SMILES string of the molecule is CC(C)Cc1cc(CC(C)C)c(-c2ccccc2P2C(C)(C)CCCC2(C)C)c(CC(C)C)c1. The van der Waals surface area contributed by atoms with Crippen LogP contribution in [0.3, 0.4) is 0 Å². The van der Waals surface area contributed by atoms with Gasteiger partial charge >= 0.3 is 0 Å². The molecule has 0 bridgehead atoms. The summed E-state index contributed by atoms with van der Waals surface area (Å²) in [6.45, 7) is 24.4. The number of hydrogen-bond donors (Lipinski definition) is 0. The molecule has 0 N–H and O–H groups in total. The fraction of sp³-hybridized carbons (Fsp3) is 0.636. The quantitative estimate of drug-likeness (QED) is 0.331. The van der Waals surface area contributed by atoms with Gasteiger partial charge < -0.3 is 0 Å². The second-order valence-electron chi connectivity index (χ2n) is 13.4. The minimum absolute atomic E-state index is 0.285. The Labute approximate surface area is 213 Å². The van der Waals surface area contributed by atoms with E-state index in [1.165, 1.54) is 31.2 Å². The fourth-order valence-electron chi connectivity index (χ4n) is 6.51. The Morgan fingerprint density at radius 2 is 1.18 bits per heavy atom. The molecule has 0 saturated carbocycles. The summed E-state index contributed by atoms with van der Waals surface area (Å²) in [7, 11) is -0.285. The molecule has 0 radical (unpaired) electrons. The van der Waals surface area contributed by atoms with Gasteiger partial charge in [0.1, 0.15) is 0 Å². The Bertz CT molecular complexity index is 913. The van der Waals surface area contributed by atoms with Gasteiger partial charge in [-0.05, 0) is 93.3 Å². The van der Waals surface area contributed by atoms with Gasteiger partial charge in [-0.2, -0.15) is 0 Å². The van der Waals surface area contributed by atoms with Gasteiger partial charge in [-0.1, -0.05) is 120 Å². The second-order valence-corrected chi connectivity index (χ2v) is 17.0. The van der Waals surface area contributed by atoms with Crippen molar-refractivity contribution in [3.05, 3.63) is 53.1 Å². The van der Waals surface area contributed by atoms with Crippen LogP contribution in [0.4, 0.5) is 0 Å². The Morgan fingerprint density at radius 1 is 0.706 bits per heavy atom. The van der Waals surface area contributed by atoms with Crippen molar-refractivity contribution in [2.24, 2.45) is 17.8 Å². The first-order valence-electron chi connectivity index (χ1n) is 13.9. The highest BCUT2D eigenvalue weighted by Gasteiger charge is 2.45. The van der Waals surface area contributed by atoms with Crippen molar-refractivity contribution in [2.45, 2.75) is 118 Å². The van der Waals surface area contributed by atoms with E-state index in [9.17, 15) is 0 Å². The van der Waals surface area contributed by atoms with Crippen LogP contribution in [0.1, 0.15) is 105 Å². The lowest BCUT2D eigenvalue weighted by molar-refractivity contribution is 0.471. The highest BCUT2D eigenvalue weighted by atomic mass is 31.1. The summed E-state index contributed by atoms with van der Waals surface area (Å²) in [5.41, 5.74) is 7.81. The highest BCUT2D eigenvalue weighted by Crippen LogP contribution is 2.65. The maximum absolute atomic E-state index is 2.57. The predicted molar refractivity (Wildman–Crippen MR) is 156 cm³/mol. The molecule has 2 aromatic carbocycles. The molecule has 1 saturated heterocycles. The predicted octanol–water partition coefficient (Wildman–Crippen LogP) is 9.80. The van der Waals surface area contributed by atoms with E-state index < -0.39 is 0 Å². The smallest absolute Gasteiger partial charge is 0.0101 e. The normalized spacial score (nSPS) is 18.3. The summed E-state index contributed by atoms with van der Waals surface area (Å²) in [6.07, 6.45) is 7.55. The zero-order chi connectivity index (χ0) is 25.3. The lowest BCUT2D eigenvalue weighted by Gasteiger charge is -2.50. The van der Waals surface area contributed by atoms with E-state index in [0.29, 0.717) is 28.1 Å². The van der Waals surface area contributed by atoms with Gasteiger partial charge in [0.05, 0.1) is 0 Å². The van der Waals surface area contributed by atoms with Crippen molar-refractivity contribution < 1.29 is 0 Å². The summed E-state index contributed by atoms with van der Waals surface area (Å²) >= 11 is 0. The van der Waals surface area contributed by atoms with Gasteiger partial charge in [0.25, 0.3) is 0 Å². The zero-order valence-corrected chi connectivity index (χ0v) is 24.8. The number of hydrogen-bond acceptors (Lipinski definition) is 0. The molecule has 0 amide bonds. The molecule has 1 heteroatoms. The summed E-state index contributed by atoms with van der Waals surface area (Å²) in [5.74, 6) is 1.99. The Hall–Kier alpha value is -1.13. The van der Waals surface area contributed by atoms with Crippen molar-refractivity contribution in [2.75, 3.05) is 0 Å². The maximum atomic E-state index is 2.57. The molecule has 1 heterocycles. The molecule has 1 fully saturated rings. The zero-order valence-electron chi connectivity index (χ0n) is 23.9. The molecule has 0 spiro atoms. The second kappa shape index (κ2) is 10.9. The van der Waals surface area contributed by atoms with E-state index in [1.807, 2.05) is 0 Å². The van der Waals surface area contributed by atoms with Crippen LogP contribution >= 0.6 is 7.92 Å². The molecule has 0 atom stereocenters. The summed E-state index contributed by atoms with van der Waals surface area (Å²) in [6, 6.07) is 14.7. The minimum Gasteiger partial charge on any atom is -0.0631 e. The third-order valence-electron chi connectivity index (χ3n) is 7.46. The molecule has 3 rings (SSSR count). The van der Waals surface area contributed by atoms with Crippen molar-refractivity contribution in [3.63, 3.8) is 0 Å². The van der Waals surface area contributed by atoms with Crippen LogP contribution < -0.4 is 5.30 Å². The molecule has 34 heavy (non-hydrogen) atoms. The molecule has 188 valence electrons. The van der Waals surface area contributed by atoms with E-state index in [1.54, 1.807) is 27.6 Å². The Kier molecular flexibility index (Phi) is 8.77. The first-order chi connectivity index (χ1) is 15.8. The topological polar surface area (TPSA) is 0 Å². The van der Waals surface area contributed by atoms with Crippen LogP contribution in [0.25, 0.3) is 11.1 Å². The van der Waals surface area contributed by atoms with Crippen molar-refractivity contribution in [1.29, 1.82) is 0 Å². The summed E-state index contributed by atoms with van der Waals surface area (Å²) in [4.78, 5) is 0.